The summed E-state index contributed by atoms with van der Waals surface area (Å²) in [6.45, 7) is 1.46. The van der Waals surface area contributed by atoms with Gasteiger partial charge in [-0.05, 0) is 62.6 Å². The van der Waals surface area contributed by atoms with E-state index >= 15 is 0 Å². The van der Waals surface area contributed by atoms with Crippen molar-refractivity contribution in [2.45, 2.75) is 44.6 Å². The molecule has 2 aromatic rings. The van der Waals surface area contributed by atoms with Crippen molar-refractivity contribution in [2.24, 2.45) is 5.92 Å². The maximum absolute atomic E-state index is 11.3. The van der Waals surface area contributed by atoms with E-state index in [4.69, 9.17) is 9.72 Å². The molecule has 1 aromatic heterocycles. The van der Waals surface area contributed by atoms with Crippen molar-refractivity contribution in [2.75, 3.05) is 42.0 Å². The topological polar surface area (TPSA) is 105 Å². The van der Waals surface area contributed by atoms with Crippen LogP contribution < -0.4 is 15.0 Å². The average Bonchev–Trinajstić information content (AvgIpc) is 3.22. The van der Waals surface area contributed by atoms with Gasteiger partial charge in [0.1, 0.15) is 21.4 Å². The number of sulfone groups is 1. The number of ether oxygens (including phenoxy) is 1. The Hall–Kier alpha value is -2.39. The fourth-order valence-electron chi connectivity index (χ4n) is 4.52. The number of anilines is 3. The highest BCUT2D eigenvalue weighted by Gasteiger charge is 2.26. The Labute approximate surface area is 190 Å². The standard InChI is InChI=1S/C23H32N4O4S/c1-32(29,30)15-3-14-31-21-5-2-4-20-19(21)11-13-27(20)22-10-12-24-23(26-22)25-18-8-6-17(16-28)7-9-18/h2,4-5,10,12,17-18,28H,3,6-9,11,13-16H2,1H3,(H,24,25,26). The number of fused-ring (bicyclic) bond motifs is 1. The van der Waals surface area contributed by atoms with Crippen molar-refractivity contribution in [3.05, 3.63) is 36.0 Å². The summed E-state index contributed by atoms with van der Waals surface area (Å²) in [4.78, 5) is 11.4. The van der Waals surface area contributed by atoms with Crippen molar-refractivity contribution in [1.82, 2.24) is 9.97 Å². The number of rotatable bonds is 9. The summed E-state index contributed by atoms with van der Waals surface area (Å²) in [6.07, 6.45) is 8.45. The molecule has 4 rings (SSSR count). The predicted octanol–water partition coefficient (Wildman–Crippen LogP) is 2.95. The van der Waals surface area contributed by atoms with Gasteiger partial charge in [-0.1, -0.05) is 6.07 Å². The molecule has 0 spiro atoms. The molecular formula is C23H32N4O4S. The van der Waals surface area contributed by atoms with Crippen molar-refractivity contribution in [1.29, 1.82) is 0 Å². The summed E-state index contributed by atoms with van der Waals surface area (Å²) in [5.74, 6) is 2.85. The summed E-state index contributed by atoms with van der Waals surface area (Å²) in [5, 5.41) is 12.8. The third-order valence-corrected chi connectivity index (χ3v) is 7.29. The van der Waals surface area contributed by atoms with Crippen LogP contribution in [0.4, 0.5) is 17.5 Å². The van der Waals surface area contributed by atoms with Crippen LogP contribution in [0.15, 0.2) is 30.5 Å². The highest BCUT2D eigenvalue weighted by Crippen LogP contribution is 2.39. The van der Waals surface area contributed by atoms with Crippen LogP contribution in [0.3, 0.4) is 0 Å². The Morgan fingerprint density at radius 3 is 2.78 bits per heavy atom. The van der Waals surface area contributed by atoms with Gasteiger partial charge in [0.05, 0.1) is 12.4 Å². The first-order valence-corrected chi connectivity index (χ1v) is 13.4. The smallest absolute Gasteiger partial charge is 0.224 e. The van der Waals surface area contributed by atoms with E-state index in [0.717, 1.165) is 61.5 Å². The van der Waals surface area contributed by atoms with Crippen LogP contribution >= 0.6 is 0 Å². The molecule has 0 radical (unpaired) electrons. The first-order chi connectivity index (χ1) is 15.4. The minimum absolute atomic E-state index is 0.131. The van der Waals surface area contributed by atoms with Crippen LogP contribution in [0.25, 0.3) is 0 Å². The van der Waals surface area contributed by atoms with Crippen LogP contribution in [0, 0.1) is 5.92 Å². The molecule has 32 heavy (non-hydrogen) atoms. The molecular weight excluding hydrogens is 428 g/mol. The highest BCUT2D eigenvalue weighted by molar-refractivity contribution is 7.90. The van der Waals surface area contributed by atoms with Gasteiger partial charge >= 0.3 is 0 Å². The SMILES string of the molecule is CS(=O)(=O)CCCOc1cccc2c1CCN2c1ccnc(NC2CCC(CO)CC2)n1. The summed E-state index contributed by atoms with van der Waals surface area (Å²) < 4.78 is 28.6. The minimum atomic E-state index is -2.97. The predicted molar refractivity (Wildman–Crippen MR) is 125 cm³/mol. The molecule has 8 nitrogen and oxygen atoms in total. The molecule has 0 saturated heterocycles. The van der Waals surface area contributed by atoms with Gasteiger partial charge < -0.3 is 20.1 Å². The van der Waals surface area contributed by atoms with Gasteiger partial charge in [0.2, 0.25) is 5.95 Å². The number of aliphatic hydroxyl groups is 1. The zero-order valence-corrected chi connectivity index (χ0v) is 19.4. The Morgan fingerprint density at radius 1 is 1.22 bits per heavy atom. The van der Waals surface area contributed by atoms with Crippen molar-refractivity contribution < 1.29 is 18.3 Å². The molecule has 1 aromatic carbocycles. The lowest BCUT2D eigenvalue weighted by Crippen LogP contribution is -2.28. The van der Waals surface area contributed by atoms with E-state index in [0.29, 0.717) is 30.9 Å². The molecule has 2 aliphatic rings. The lowest BCUT2D eigenvalue weighted by molar-refractivity contribution is 0.185. The minimum Gasteiger partial charge on any atom is -0.493 e. The summed E-state index contributed by atoms with van der Waals surface area (Å²) in [5.41, 5.74) is 2.20. The number of nitrogens with one attached hydrogen (secondary N) is 1. The van der Waals surface area contributed by atoms with Gasteiger partial charge in [0.25, 0.3) is 0 Å². The maximum atomic E-state index is 11.3. The molecule has 1 fully saturated rings. The number of hydrogen-bond acceptors (Lipinski definition) is 8. The fraction of sp³-hybridized carbons (Fsp3) is 0.565. The molecule has 1 aliphatic carbocycles. The van der Waals surface area contributed by atoms with Crippen LogP contribution in [0.2, 0.25) is 0 Å². The second kappa shape index (κ2) is 10.0. The molecule has 0 amide bonds. The van der Waals surface area contributed by atoms with Crippen LogP contribution in [-0.4, -0.2) is 61.3 Å². The van der Waals surface area contributed by atoms with E-state index in [1.165, 1.54) is 6.26 Å². The molecule has 0 bridgehead atoms. The van der Waals surface area contributed by atoms with E-state index in [1.807, 2.05) is 18.2 Å². The lowest BCUT2D eigenvalue weighted by Gasteiger charge is -2.28. The van der Waals surface area contributed by atoms with E-state index in [2.05, 4.69) is 21.3 Å². The molecule has 0 atom stereocenters. The monoisotopic (exact) mass is 460 g/mol. The molecule has 2 heterocycles. The molecule has 2 N–H and O–H groups in total. The normalized spacial score (nSPS) is 20.8. The van der Waals surface area contributed by atoms with Crippen LogP contribution in [0.5, 0.6) is 5.75 Å². The first kappa shape index (κ1) is 22.8. The second-order valence-electron chi connectivity index (χ2n) is 8.77. The highest BCUT2D eigenvalue weighted by atomic mass is 32.2. The lowest BCUT2D eigenvalue weighted by atomic mass is 9.87. The quantitative estimate of drug-likeness (QED) is 0.551. The molecule has 0 unspecified atom stereocenters. The van der Waals surface area contributed by atoms with Gasteiger partial charge in [0.15, 0.2) is 0 Å². The van der Waals surface area contributed by atoms with Crippen LogP contribution in [-0.2, 0) is 16.3 Å². The number of aromatic nitrogens is 2. The van der Waals surface area contributed by atoms with E-state index < -0.39 is 9.84 Å². The fourth-order valence-corrected chi connectivity index (χ4v) is 5.16. The third kappa shape index (κ3) is 5.69. The molecule has 1 saturated carbocycles. The zero-order chi connectivity index (χ0) is 22.6. The van der Waals surface area contributed by atoms with E-state index in [1.54, 1.807) is 6.20 Å². The number of nitrogens with zero attached hydrogens (tertiary/aromatic N) is 3. The molecule has 9 heteroatoms. The average molecular weight is 461 g/mol. The number of hydrogen-bond donors (Lipinski definition) is 2. The van der Waals surface area contributed by atoms with Gasteiger partial charge in [-0.3, -0.25) is 0 Å². The number of aliphatic hydroxyl groups excluding tert-OH is 1. The Morgan fingerprint density at radius 2 is 2.03 bits per heavy atom. The molecule has 174 valence electrons. The summed E-state index contributed by atoms with van der Waals surface area (Å²) in [7, 11) is -2.97. The van der Waals surface area contributed by atoms with Crippen molar-refractivity contribution >= 4 is 27.3 Å². The summed E-state index contributed by atoms with van der Waals surface area (Å²) in [6, 6.07) is 8.23. The molecule has 1 aliphatic heterocycles. The Kier molecular flexibility index (Phi) is 7.15. The van der Waals surface area contributed by atoms with Crippen LogP contribution in [0.1, 0.15) is 37.7 Å². The largest absolute Gasteiger partial charge is 0.493 e. The first-order valence-electron chi connectivity index (χ1n) is 11.3. The van der Waals surface area contributed by atoms with Crippen molar-refractivity contribution in [3.63, 3.8) is 0 Å². The van der Waals surface area contributed by atoms with Gasteiger partial charge in [-0.15, -0.1) is 0 Å². The van der Waals surface area contributed by atoms with Gasteiger partial charge in [0, 0.05) is 42.9 Å². The summed E-state index contributed by atoms with van der Waals surface area (Å²) >= 11 is 0. The zero-order valence-electron chi connectivity index (χ0n) is 18.5. The maximum Gasteiger partial charge on any atom is 0.224 e. The van der Waals surface area contributed by atoms with E-state index in [-0.39, 0.29) is 12.4 Å². The van der Waals surface area contributed by atoms with Gasteiger partial charge in [-0.2, -0.15) is 4.98 Å². The van der Waals surface area contributed by atoms with Gasteiger partial charge in [-0.25, -0.2) is 13.4 Å². The Balaban J connectivity index is 1.41. The number of benzene rings is 1. The second-order valence-corrected chi connectivity index (χ2v) is 11.0. The third-order valence-electron chi connectivity index (χ3n) is 6.26. The van der Waals surface area contributed by atoms with Crippen molar-refractivity contribution in [3.8, 4) is 5.75 Å². The van der Waals surface area contributed by atoms with E-state index in [9.17, 15) is 13.5 Å². The Bertz CT molecular complexity index is 1020.